The van der Waals surface area contributed by atoms with E-state index in [1.165, 1.54) is 26.5 Å². The molecular formula is C23H18Br2N2O5. The Bertz CT molecular complexity index is 1180. The third-order valence-corrected chi connectivity index (χ3v) is 5.47. The summed E-state index contributed by atoms with van der Waals surface area (Å²) in [6, 6.07) is 16.8. The quantitative estimate of drug-likeness (QED) is 0.185. The minimum atomic E-state index is -0.583. The second-order valence-corrected chi connectivity index (χ2v) is 8.09. The van der Waals surface area contributed by atoms with Crippen LogP contribution in [0.1, 0.15) is 26.3 Å². The van der Waals surface area contributed by atoms with Gasteiger partial charge in [-0.1, -0.05) is 28.1 Å². The maximum atomic E-state index is 12.7. The second kappa shape index (κ2) is 10.9. The van der Waals surface area contributed by atoms with Gasteiger partial charge in [0.25, 0.3) is 5.91 Å². The molecule has 0 saturated carbocycles. The second-order valence-electron chi connectivity index (χ2n) is 6.32. The van der Waals surface area contributed by atoms with Crippen LogP contribution in [0.4, 0.5) is 0 Å². The van der Waals surface area contributed by atoms with Crippen LogP contribution in [0, 0.1) is 0 Å². The van der Waals surface area contributed by atoms with Crippen molar-refractivity contribution in [3.63, 3.8) is 0 Å². The summed E-state index contributed by atoms with van der Waals surface area (Å²) in [4.78, 5) is 25.0. The molecule has 0 heterocycles. The van der Waals surface area contributed by atoms with Crippen molar-refractivity contribution >= 4 is 50.0 Å². The van der Waals surface area contributed by atoms with Crippen molar-refractivity contribution < 1.29 is 23.8 Å². The number of methoxy groups -OCH3 is 2. The molecule has 0 fully saturated rings. The first-order valence-corrected chi connectivity index (χ1v) is 10.8. The Morgan fingerprint density at radius 3 is 2.34 bits per heavy atom. The molecule has 0 atom stereocenters. The smallest absolute Gasteiger partial charge is 0.343 e. The molecular weight excluding hydrogens is 544 g/mol. The van der Waals surface area contributed by atoms with Crippen LogP contribution in [0.15, 0.2) is 74.7 Å². The van der Waals surface area contributed by atoms with Gasteiger partial charge in [0.15, 0.2) is 11.5 Å². The van der Waals surface area contributed by atoms with Crippen molar-refractivity contribution in [1.82, 2.24) is 5.43 Å². The van der Waals surface area contributed by atoms with Gasteiger partial charge in [0.1, 0.15) is 5.75 Å². The molecule has 0 radical (unpaired) electrons. The maximum Gasteiger partial charge on any atom is 0.343 e. The predicted octanol–water partition coefficient (Wildman–Crippen LogP) is 5.21. The lowest BCUT2D eigenvalue weighted by Gasteiger charge is -2.11. The molecule has 1 N–H and O–H groups in total. The first kappa shape index (κ1) is 23.5. The van der Waals surface area contributed by atoms with Crippen molar-refractivity contribution in [2.75, 3.05) is 14.2 Å². The number of hydrazone groups is 1. The summed E-state index contributed by atoms with van der Waals surface area (Å²) in [5.41, 5.74) is 3.68. The van der Waals surface area contributed by atoms with E-state index in [9.17, 15) is 9.59 Å². The number of carbonyl (C=O) groups is 2. The van der Waals surface area contributed by atoms with Crippen molar-refractivity contribution in [1.29, 1.82) is 0 Å². The topological polar surface area (TPSA) is 86.2 Å². The van der Waals surface area contributed by atoms with Gasteiger partial charge in [-0.2, -0.15) is 5.10 Å². The van der Waals surface area contributed by atoms with Gasteiger partial charge in [-0.05, 0) is 64.5 Å². The van der Waals surface area contributed by atoms with Crippen molar-refractivity contribution in [2.45, 2.75) is 0 Å². The predicted molar refractivity (Wildman–Crippen MR) is 128 cm³/mol. The highest BCUT2D eigenvalue weighted by Crippen LogP contribution is 2.29. The molecule has 0 bridgehead atoms. The van der Waals surface area contributed by atoms with E-state index in [2.05, 4.69) is 42.4 Å². The number of nitrogens with one attached hydrogen (secondary N) is 1. The standard InChI is InChI=1S/C23H18Br2N2O5/c1-30-20-9-7-14(12-21(20)31-2)23(29)32-19-10-8-16(24)11-15(19)13-26-27-22(28)17-5-3-4-6-18(17)25/h3-13H,1-2H3,(H,27,28)/b26-13+. The van der Waals surface area contributed by atoms with Gasteiger partial charge in [-0.25, -0.2) is 10.2 Å². The molecule has 32 heavy (non-hydrogen) atoms. The van der Waals surface area contributed by atoms with Crippen molar-refractivity contribution in [3.8, 4) is 17.2 Å². The first-order valence-electron chi connectivity index (χ1n) is 9.24. The van der Waals surface area contributed by atoms with Gasteiger partial charge in [0, 0.05) is 14.5 Å². The largest absolute Gasteiger partial charge is 0.493 e. The Balaban J connectivity index is 1.78. The molecule has 3 aromatic carbocycles. The molecule has 0 saturated heterocycles. The van der Waals surface area contributed by atoms with Crippen LogP contribution >= 0.6 is 31.9 Å². The molecule has 0 unspecified atom stereocenters. The highest BCUT2D eigenvalue weighted by molar-refractivity contribution is 9.10. The van der Waals surface area contributed by atoms with E-state index in [1.807, 2.05) is 6.07 Å². The zero-order valence-corrected chi connectivity index (χ0v) is 20.3. The van der Waals surface area contributed by atoms with Gasteiger partial charge in [-0.15, -0.1) is 0 Å². The fraction of sp³-hybridized carbons (Fsp3) is 0.0870. The zero-order valence-electron chi connectivity index (χ0n) is 17.1. The van der Waals surface area contributed by atoms with Crippen LogP contribution in [-0.2, 0) is 0 Å². The van der Waals surface area contributed by atoms with Crippen molar-refractivity contribution in [3.05, 3.63) is 86.3 Å². The third kappa shape index (κ3) is 5.74. The molecule has 0 aliphatic rings. The zero-order chi connectivity index (χ0) is 23.1. The summed E-state index contributed by atoms with van der Waals surface area (Å²) in [6.07, 6.45) is 1.40. The fourth-order valence-electron chi connectivity index (χ4n) is 2.70. The van der Waals surface area contributed by atoms with E-state index in [0.717, 1.165) is 4.47 Å². The van der Waals surface area contributed by atoms with Crippen LogP contribution in [0.25, 0.3) is 0 Å². The summed E-state index contributed by atoms with van der Waals surface area (Å²) in [7, 11) is 3.00. The number of carbonyl (C=O) groups excluding carboxylic acids is 2. The van der Waals surface area contributed by atoms with Crippen LogP contribution in [-0.4, -0.2) is 32.3 Å². The van der Waals surface area contributed by atoms with Crippen molar-refractivity contribution in [2.24, 2.45) is 5.10 Å². The average Bonchev–Trinajstić information content (AvgIpc) is 2.80. The Hall–Kier alpha value is -3.17. The molecule has 0 spiro atoms. The lowest BCUT2D eigenvalue weighted by atomic mass is 10.2. The summed E-state index contributed by atoms with van der Waals surface area (Å²) in [5.74, 6) is 0.218. The number of halogens is 2. The van der Waals surface area contributed by atoms with Crippen LogP contribution in [0.3, 0.4) is 0 Å². The minimum Gasteiger partial charge on any atom is -0.493 e. The first-order chi connectivity index (χ1) is 15.4. The molecule has 0 aliphatic carbocycles. The lowest BCUT2D eigenvalue weighted by Crippen LogP contribution is -2.18. The monoisotopic (exact) mass is 560 g/mol. The highest BCUT2D eigenvalue weighted by Gasteiger charge is 2.15. The molecule has 9 heteroatoms. The fourth-order valence-corrected chi connectivity index (χ4v) is 3.54. The highest BCUT2D eigenvalue weighted by atomic mass is 79.9. The molecule has 0 aliphatic heterocycles. The van der Waals surface area contributed by atoms with E-state index in [1.54, 1.807) is 48.5 Å². The molecule has 0 aromatic heterocycles. The van der Waals surface area contributed by atoms with Gasteiger partial charge >= 0.3 is 5.97 Å². The molecule has 164 valence electrons. The van der Waals surface area contributed by atoms with Gasteiger partial charge in [0.2, 0.25) is 0 Å². The Morgan fingerprint density at radius 2 is 1.62 bits per heavy atom. The normalized spacial score (nSPS) is 10.6. The number of ether oxygens (including phenoxy) is 3. The van der Waals surface area contributed by atoms with E-state index in [4.69, 9.17) is 14.2 Å². The summed E-state index contributed by atoms with van der Waals surface area (Å²) in [6.45, 7) is 0. The summed E-state index contributed by atoms with van der Waals surface area (Å²) >= 11 is 6.71. The van der Waals surface area contributed by atoms with Crippen LogP contribution in [0.5, 0.6) is 17.2 Å². The van der Waals surface area contributed by atoms with E-state index in [-0.39, 0.29) is 17.2 Å². The molecule has 3 aromatic rings. The van der Waals surface area contributed by atoms with E-state index < -0.39 is 5.97 Å². The summed E-state index contributed by atoms with van der Waals surface area (Å²) < 4.78 is 17.4. The number of rotatable bonds is 7. The van der Waals surface area contributed by atoms with E-state index in [0.29, 0.717) is 27.1 Å². The Kier molecular flexibility index (Phi) is 8.02. The van der Waals surface area contributed by atoms with Gasteiger partial charge in [0.05, 0.1) is 31.6 Å². The SMILES string of the molecule is COc1ccc(C(=O)Oc2ccc(Br)cc2/C=N/NC(=O)c2ccccc2Br)cc1OC. The number of benzene rings is 3. The Labute approximate surface area is 201 Å². The third-order valence-electron chi connectivity index (χ3n) is 4.28. The summed E-state index contributed by atoms with van der Waals surface area (Å²) in [5, 5.41) is 4.00. The molecule has 7 nitrogen and oxygen atoms in total. The molecule has 1 amide bonds. The van der Waals surface area contributed by atoms with Crippen LogP contribution in [0.2, 0.25) is 0 Å². The van der Waals surface area contributed by atoms with Crippen LogP contribution < -0.4 is 19.6 Å². The number of hydrogen-bond donors (Lipinski definition) is 1. The lowest BCUT2D eigenvalue weighted by molar-refractivity contribution is 0.0733. The number of esters is 1. The number of amides is 1. The van der Waals surface area contributed by atoms with Gasteiger partial charge < -0.3 is 14.2 Å². The number of hydrogen-bond acceptors (Lipinski definition) is 6. The number of nitrogens with zero attached hydrogens (tertiary/aromatic N) is 1. The Morgan fingerprint density at radius 1 is 0.906 bits per heavy atom. The maximum absolute atomic E-state index is 12.7. The molecule has 3 rings (SSSR count). The van der Waals surface area contributed by atoms with Gasteiger partial charge in [-0.3, -0.25) is 4.79 Å². The van der Waals surface area contributed by atoms with E-state index >= 15 is 0 Å². The minimum absolute atomic E-state index is 0.270. The average molecular weight is 562 g/mol.